The number of carbonyl (C=O) groups excluding carboxylic acids is 3. The Balaban J connectivity index is 1.88. The van der Waals surface area contributed by atoms with Gasteiger partial charge in [0.1, 0.15) is 5.92 Å². The molecule has 0 spiro atoms. The van der Waals surface area contributed by atoms with E-state index in [9.17, 15) is 14.4 Å². The van der Waals surface area contributed by atoms with Crippen LogP contribution in [0.2, 0.25) is 0 Å². The lowest BCUT2D eigenvalue weighted by Crippen LogP contribution is -2.43. The zero-order chi connectivity index (χ0) is 25.8. The molecule has 1 aliphatic carbocycles. The summed E-state index contributed by atoms with van der Waals surface area (Å²) < 4.78 is 10.8. The van der Waals surface area contributed by atoms with Gasteiger partial charge in [0, 0.05) is 33.7 Å². The van der Waals surface area contributed by atoms with Crippen LogP contribution in [0.1, 0.15) is 50.2 Å². The molecule has 1 heterocycles. The minimum atomic E-state index is -0.997. The molecule has 0 bridgehead atoms. The van der Waals surface area contributed by atoms with Gasteiger partial charge in [-0.2, -0.15) is 0 Å². The van der Waals surface area contributed by atoms with Crippen molar-refractivity contribution < 1.29 is 23.9 Å². The minimum Gasteiger partial charge on any atom is -0.465 e. The van der Waals surface area contributed by atoms with Crippen LogP contribution in [-0.4, -0.2) is 37.2 Å². The predicted molar refractivity (Wildman–Crippen MR) is 139 cm³/mol. The lowest BCUT2D eigenvalue weighted by Gasteiger charge is -2.39. The molecule has 3 unspecified atom stereocenters. The Hall–Kier alpha value is -3.32. The average Bonchev–Trinajstić information content (AvgIpc) is 2.88. The van der Waals surface area contributed by atoms with E-state index < -0.39 is 23.8 Å². The number of rotatable bonds is 7. The maximum absolute atomic E-state index is 14.2. The van der Waals surface area contributed by atoms with Crippen LogP contribution in [0.15, 0.2) is 82.0 Å². The van der Waals surface area contributed by atoms with E-state index in [1.165, 1.54) is 0 Å². The molecule has 1 aliphatic heterocycles. The summed E-state index contributed by atoms with van der Waals surface area (Å²) in [7, 11) is 0. The lowest BCUT2D eigenvalue weighted by molar-refractivity contribution is -0.152. The summed E-state index contributed by atoms with van der Waals surface area (Å²) in [6.07, 6.45) is 2.44. The molecule has 7 heteroatoms. The topological polar surface area (TPSA) is 81.7 Å². The highest BCUT2D eigenvalue weighted by Crippen LogP contribution is 2.48. The van der Waals surface area contributed by atoms with Crippen molar-refractivity contribution >= 4 is 29.5 Å². The molecule has 1 N–H and O–H groups in total. The summed E-state index contributed by atoms with van der Waals surface area (Å²) in [4.78, 5) is 41.6. The van der Waals surface area contributed by atoms with Gasteiger partial charge in [0.05, 0.1) is 18.8 Å². The quantitative estimate of drug-likeness (QED) is 0.318. The van der Waals surface area contributed by atoms with E-state index in [1.54, 1.807) is 25.6 Å². The molecule has 2 aromatic rings. The fourth-order valence-electron chi connectivity index (χ4n) is 5.16. The fraction of sp³-hybridized carbons (Fsp3) is 0.345. The average molecular weight is 506 g/mol. The second kappa shape index (κ2) is 11.2. The number of thioether (sulfide) groups is 1. The molecule has 6 nitrogen and oxygen atoms in total. The van der Waals surface area contributed by atoms with Gasteiger partial charge in [0.25, 0.3) is 0 Å². The van der Waals surface area contributed by atoms with Crippen molar-refractivity contribution in [2.45, 2.75) is 43.9 Å². The van der Waals surface area contributed by atoms with Gasteiger partial charge in [-0.05, 0) is 56.7 Å². The fourth-order valence-corrected chi connectivity index (χ4v) is 5.57. The first-order chi connectivity index (χ1) is 17.4. The van der Waals surface area contributed by atoms with Crippen LogP contribution in [0, 0.1) is 5.92 Å². The van der Waals surface area contributed by atoms with Crippen molar-refractivity contribution in [2.24, 2.45) is 5.92 Å². The van der Waals surface area contributed by atoms with Crippen molar-refractivity contribution in [1.82, 2.24) is 5.32 Å². The van der Waals surface area contributed by atoms with Crippen LogP contribution in [0.5, 0.6) is 0 Å². The first kappa shape index (κ1) is 25.8. The van der Waals surface area contributed by atoms with Crippen molar-refractivity contribution in [3.05, 3.63) is 88.3 Å². The summed E-state index contributed by atoms with van der Waals surface area (Å²) in [6, 6.07) is 17.4. The standard InChI is InChI=1S/C29H31NO5S/c1-5-34-28(32)23-17(3)30-22-16-21(18-10-8-7-9-11-18)25(29(33)35-6-2)27(31)26(22)24(23)19-12-14-20(36-4)15-13-19/h7-15,21,24-25,30H,5-6,16H2,1-4H3. The van der Waals surface area contributed by atoms with Crippen LogP contribution in [0.3, 0.4) is 0 Å². The Labute approximate surface area is 216 Å². The number of ether oxygens (including phenoxy) is 2. The highest BCUT2D eigenvalue weighted by Gasteiger charge is 2.49. The molecule has 0 amide bonds. The summed E-state index contributed by atoms with van der Waals surface area (Å²) in [5, 5.41) is 3.33. The van der Waals surface area contributed by atoms with E-state index in [-0.39, 0.29) is 24.9 Å². The molecule has 3 atom stereocenters. The second-order valence-corrected chi connectivity index (χ2v) is 9.68. The molecule has 0 radical (unpaired) electrons. The van der Waals surface area contributed by atoms with Crippen molar-refractivity contribution in [3.63, 3.8) is 0 Å². The van der Waals surface area contributed by atoms with Crippen LogP contribution < -0.4 is 5.32 Å². The van der Waals surface area contributed by atoms with Gasteiger partial charge >= 0.3 is 11.9 Å². The SMILES string of the molecule is CCOC(=O)C1=C(C)NC2=C(C(=O)C(C(=O)OCC)C(c3ccccc3)C2)C1c1ccc(SC)cc1. The maximum atomic E-state index is 14.2. The number of allylic oxidation sites excluding steroid dienone is 3. The highest BCUT2D eigenvalue weighted by molar-refractivity contribution is 7.98. The van der Waals surface area contributed by atoms with E-state index in [0.29, 0.717) is 23.3 Å². The van der Waals surface area contributed by atoms with Crippen molar-refractivity contribution in [1.29, 1.82) is 0 Å². The van der Waals surface area contributed by atoms with Crippen molar-refractivity contribution in [3.8, 4) is 0 Å². The molecule has 188 valence electrons. The van der Waals surface area contributed by atoms with Gasteiger partial charge in [0.2, 0.25) is 0 Å². The number of hydrogen-bond donors (Lipinski definition) is 1. The third-order valence-corrected chi connectivity index (χ3v) is 7.48. The number of nitrogens with one attached hydrogen (secondary N) is 1. The molecule has 4 rings (SSSR count). The lowest BCUT2D eigenvalue weighted by atomic mass is 9.67. The molecular weight excluding hydrogens is 474 g/mol. The molecule has 36 heavy (non-hydrogen) atoms. The van der Waals surface area contributed by atoms with Crippen LogP contribution >= 0.6 is 11.8 Å². The number of carbonyl (C=O) groups is 3. The molecule has 0 saturated heterocycles. The predicted octanol–water partition coefficient (Wildman–Crippen LogP) is 5.12. The van der Waals surface area contributed by atoms with Crippen LogP contribution in [0.25, 0.3) is 0 Å². The number of Topliss-reactive ketones (excluding diaryl/α,β-unsaturated/α-hetero) is 1. The van der Waals surface area contributed by atoms with Gasteiger partial charge in [-0.1, -0.05) is 42.5 Å². The van der Waals surface area contributed by atoms with E-state index >= 15 is 0 Å². The zero-order valence-corrected chi connectivity index (χ0v) is 21.8. The second-order valence-electron chi connectivity index (χ2n) is 8.80. The van der Waals surface area contributed by atoms with Crippen LogP contribution in [0.4, 0.5) is 0 Å². The van der Waals surface area contributed by atoms with Crippen molar-refractivity contribution in [2.75, 3.05) is 19.5 Å². The normalized spacial score (nSPS) is 21.6. The van der Waals surface area contributed by atoms with Gasteiger partial charge in [-0.15, -0.1) is 11.8 Å². The maximum Gasteiger partial charge on any atom is 0.336 e. The zero-order valence-electron chi connectivity index (χ0n) is 21.0. The smallest absolute Gasteiger partial charge is 0.336 e. The first-order valence-corrected chi connectivity index (χ1v) is 13.4. The number of dihydropyridines is 1. The Morgan fingerprint density at radius 2 is 1.64 bits per heavy atom. The number of ketones is 1. The molecule has 2 aromatic carbocycles. The summed E-state index contributed by atoms with van der Waals surface area (Å²) in [6.45, 7) is 5.72. The van der Waals surface area contributed by atoms with Gasteiger partial charge in [-0.25, -0.2) is 4.79 Å². The van der Waals surface area contributed by atoms with E-state index in [2.05, 4.69) is 5.32 Å². The molecule has 0 saturated carbocycles. The van der Waals surface area contributed by atoms with Gasteiger partial charge in [-0.3, -0.25) is 9.59 Å². The Bertz CT molecular complexity index is 1220. The Morgan fingerprint density at radius 3 is 2.25 bits per heavy atom. The minimum absolute atomic E-state index is 0.181. The summed E-state index contributed by atoms with van der Waals surface area (Å²) in [5.74, 6) is -3.34. The van der Waals surface area contributed by atoms with E-state index in [4.69, 9.17) is 9.47 Å². The third-order valence-electron chi connectivity index (χ3n) is 6.73. The summed E-state index contributed by atoms with van der Waals surface area (Å²) in [5.41, 5.74) is 3.92. The van der Waals surface area contributed by atoms with E-state index in [0.717, 1.165) is 21.7 Å². The number of esters is 2. The largest absolute Gasteiger partial charge is 0.465 e. The molecular formula is C29H31NO5S. The Morgan fingerprint density at radius 1 is 0.972 bits per heavy atom. The molecule has 2 aliphatic rings. The highest BCUT2D eigenvalue weighted by atomic mass is 32.2. The molecule has 0 fully saturated rings. The van der Waals surface area contributed by atoms with E-state index in [1.807, 2.05) is 67.8 Å². The summed E-state index contributed by atoms with van der Waals surface area (Å²) >= 11 is 1.61. The first-order valence-electron chi connectivity index (χ1n) is 12.2. The molecule has 0 aromatic heterocycles. The van der Waals surface area contributed by atoms with Gasteiger partial charge < -0.3 is 14.8 Å². The number of hydrogen-bond acceptors (Lipinski definition) is 7. The van der Waals surface area contributed by atoms with Gasteiger partial charge in [0.15, 0.2) is 5.78 Å². The Kier molecular flexibility index (Phi) is 7.99. The number of benzene rings is 2. The van der Waals surface area contributed by atoms with Crippen LogP contribution in [-0.2, 0) is 23.9 Å². The monoisotopic (exact) mass is 505 g/mol. The third kappa shape index (κ3) is 4.85.